The molecule has 2 amide bonds. The number of hydrogen-bond acceptors (Lipinski definition) is 5. The highest BCUT2D eigenvalue weighted by Gasteiger charge is 2.34. The van der Waals surface area contributed by atoms with Crippen LogP contribution in [0.25, 0.3) is 0 Å². The van der Waals surface area contributed by atoms with Gasteiger partial charge in [0.1, 0.15) is 12.4 Å². The summed E-state index contributed by atoms with van der Waals surface area (Å²) in [6.45, 7) is 4.31. The van der Waals surface area contributed by atoms with Crippen LogP contribution in [0.5, 0.6) is 5.75 Å². The fourth-order valence-corrected chi connectivity index (χ4v) is 3.83. The lowest BCUT2D eigenvalue weighted by Gasteiger charge is -2.31. The fraction of sp³-hybridized carbons (Fsp3) is 0.304. The number of para-hydroxylation sites is 1. The molecule has 7 heteroatoms. The van der Waals surface area contributed by atoms with Gasteiger partial charge in [-0.05, 0) is 18.6 Å². The Labute approximate surface area is 175 Å². The van der Waals surface area contributed by atoms with Crippen molar-refractivity contribution in [2.45, 2.75) is 19.5 Å². The molecule has 156 valence electrons. The number of nitrogens with zero attached hydrogens (tertiary/aromatic N) is 1. The lowest BCUT2D eigenvalue weighted by atomic mass is 9.95. The van der Waals surface area contributed by atoms with Gasteiger partial charge in [-0.15, -0.1) is 0 Å². The van der Waals surface area contributed by atoms with Gasteiger partial charge in [0.2, 0.25) is 0 Å². The van der Waals surface area contributed by atoms with Gasteiger partial charge in [0, 0.05) is 30.9 Å². The minimum Gasteiger partial charge on any atom is -0.492 e. The maximum Gasteiger partial charge on any atom is 0.338 e. The van der Waals surface area contributed by atoms with Gasteiger partial charge >= 0.3 is 12.0 Å². The summed E-state index contributed by atoms with van der Waals surface area (Å²) in [6.07, 6.45) is 0. The zero-order valence-corrected chi connectivity index (χ0v) is 16.9. The summed E-state index contributed by atoms with van der Waals surface area (Å²) < 4.78 is 11.2. The van der Waals surface area contributed by atoms with Crippen LogP contribution >= 0.6 is 0 Å². The minimum absolute atomic E-state index is 0.260. The first-order chi connectivity index (χ1) is 14.7. The maximum atomic E-state index is 12.9. The van der Waals surface area contributed by atoms with Crippen molar-refractivity contribution in [2.24, 2.45) is 0 Å². The van der Waals surface area contributed by atoms with Crippen molar-refractivity contribution in [3.05, 3.63) is 77.0 Å². The van der Waals surface area contributed by atoms with E-state index in [1.165, 1.54) is 0 Å². The van der Waals surface area contributed by atoms with Gasteiger partial charge in [0.05, 0.1) is 18.2 Å². The Morgan fingerprint density at radius 3 is 2.73 bits per heavy atom. The van der Waals surface area contributed by atoms with E-state index in [0.29, 0.717) is 37.5 Å². The number of hydrogen-bond donors (Lipinski definition) is 2. The molecule has 7 nitrogen and oxygen atoms in total. The second-order valence-electron chi connectivity index (χ2n) is 7.22. The van der Waals surface area contributed by atoms with E-state index in [0.717, 1.165) is 16.9 Å². The summed E-state index contributed by atoms with van der Waals surface area (Å²) in [5.41, 5.74) is 2.90. The highest BCUT2D eigenvalue weighted by atomic mass is 16.5. The van der Waals surface area contributed by atoms with Crippen LogP contribution < -0.4 is 15.4 Å². The number of urea groups is 1. The Hall–Kier alpha value is -3.32. The third-order valence-electron chi connectivity index (χ3n) is 5.20. The molecule has 0 spiro atoms. The molecule has 0 aliphatic carbocycles. The predicted octanol–water partition coefficient (Wildman–Crippen LogP) is 2.75. The second-order valence-corrected chi connectivity index (χ2v) is 7.22. The van der Waals surface area contributed by atoms with Crippen LogP contribution in [0.3, 0.4) is 0 Å². The first-order valence-electron chi connectivity index (χ1n) is 10.1. The van der Waals surface area contributed by atoms with E-state index in [1.807, 2.05) is 54.6 Å². The van der Waals surface area contributed by atoms with Gasteiger partial charge < -0.3 is 20.1 Å². The quantitative estimate of drug-likeness (QED) is 0.745. The summed E-state index contributed by atoms with van der Waals surface area (Å²) in [5.74, 6) is 0.441. The SMILES string of the molecule is CCOC(=O)C1=C(CN2CCOc3ccccc3C2)NC(=O)NC1c1ccccc1. The highest BCUT2D eigenvalue weighted by Crippen LogP contribution is 2.29. The molecule has 2 aliphatic heterocycles. The average molecular weight is 407 g/mol. The molecular weight excluding hydrogens is 382 g/mol. The van der Waals surface area contributed by atoms with Gasteiger partial charge in [0.25, 0.3) is 0 Å². The molecule has 0 fully saturated rings. The maximum absolute atomic E-state index is 12.9. The van der Waals surface area contributed by atoms with Crippen LogP contribution in [0.2, 0.25) is 0 Å². The molecule has 1 atom stereocenters. The van der Waals surface area contributed by atoms with E-state index in [9.17, 15) is 9.59 Å². The van der Waals surface area contributed by atoms with Crippen LogP contribution in [-0.4, -0.2) is 43.2 Å². The van der Waals surface area contributed by atoms with E-state index >= 15 is 0 Å². The summed E-state index contributed by atoms with van der Waals surface area (Å²) in [5, 5.41) is 5.71. The van der Waals surface area contributed by atoms with E-state index in [-0.39, 0.29) is 12.6 Å². The van der Waals surface area contributed by atoms with Crippen molar-refractivity contribution in [2.75, 3.05) is 26.3 Å². The van der Waals surface area contributed by atoms with Gasteiger partial charge in [-0.25, -0.2) is 9.59 Å². The Bertz CT molecular complexity index is 958. The van der Waals surface area contributed by atoms with Crippen LogP contribution in [0.4, 0.5) is 4.79 Å². The zero-order chi connectivity index (χ0) is 20.9. The molecule has 2 N–H and O–H groups in total. The standard InChI is InChI=1S/C23H25N3O4/c1-2-29-22(27)20-18(24-23(28)25-21(20)16-8-4-3-5-9-16)15-26-12-13-30-19-11-7-6-10-17(19)14-26/h3-11,21H,2,12-15H2,1H3,(H2,24,25,28). The third-order valence-corrected chi connectivity index (χ3v) is 5.20. The summed E-state index contributed by atoms with van der Waals surface area (Å²) >= 11 is 0. The lowest BCUT2D eigenvalue weighted by Crippen LogP contribution is -2.48. The average Bonchev–Trinajstić information content (AvgIpc) is 2.95. The number of fused-ring (bicyclic) bond motifs is 1. The van der Waals surface area contributed by atoms with E-state index < -0.39 is 12.0 Å². The van der Waals surface area contributed by atoms with Gasteiger partial charge in [-0.1, -0.05) is 48.5 Å². The number of esters is 1. The zero-order valence-electron chi connectivity index (χ0n) is 16.9. The molecule has 2 aromatic carbocycles. The van der Waals surface area contributed by atoms with Gasteiger partial charge in [-0.3, -0.25) is 4.90 Å². The van der Waals surface area contributed by atoms with Crippen LogP contribution in [0, 0.1) is 0 Å². The number of nitrogens with one attached hydrogen (secondary N) is 2. The topological polar surface area (TPSA) is 79.9 Å². The summed E-state index contributed by atoms with van der Waals surface area (Å²) in [4.78, 5) is 27.5. The molecule has 4 rings (SSSR count). The first kappa shape index (κ1) is 20.0. The minimum atomic E-state index is -0.565. The summed E-state index contributed by atoms with van der Waals surface area (Å²) in [6, 6.07) is 16.5. The molecule has 2 aliphatic rings. The van der Waals surface area contributed by atoms with Crippen molar-refractivity contribution in [1.29, 1.82) is 0 Å². The third kappa shape index (κ3) is 4.31. The molecule has 0 aromatic heterocycles. The van der Waals surface area contributed by atoms with Crippen LogP contribution in [0.15, 0.2) is 65.9 Å². The van der Waals surface area contributed by atoms with Gasteiger partial charge in [0.15, 0.2) is 0 Å². The number of carbonyl (C=O) groups excluding carboxylic acids is 2. The first-order valence-corrected chi connectivity index (χ1v) is 10.1. The predicted molar refractivity (Wildman–Crippen MR) is 112 cm³/mol. The molecule has 30 heavy (non-hydrogen) atoms. The molecule has 0 saturated carbocycles. The molecule has 2 aromatic rings. The van der Waals surface area contributed by atoms with Crippen LogP contribution in [-0.2, 0) is 16.1 Å². The lowest BCUT2D eigenvalue weighted by molar-refractivity contribution is -0.139. The largest absolute Gasteiger partial charge is 0.492 e. The smallest absolute Gasteiger partial charge is 0.338 e. The number of ether oxygens (including phenoxy) is 2. The van der Waals surface area contributed by atoms with Crippen molar-refractivity contribution >= 4 is 12.0 Å². The van der Waals surface area contributed by atoms with E-state index in [2.05, 4.69) is 15.5 Å². The Balaban J connectivity index is 1.68. The van der Waals surface area contributed by atoms with Gasteiger partial charge in [-0.2, -0.15) is 0 Å². The van der Waals surface area contributed by atoms with E-state index in [4.69, 9.17) is 9.47 Å². The number of rotatable bonds is 5. The molecule has 2 heterocycles. The van der Waals surface area contributed by atoms with Crippen molar-refractivity contribution in [3.8, 4) is 5.75 Å². The van der Waals surface area contributed by atoms with Crippen molar-refractivity contribution in [1.82, 2.24) is 15.5 Å². The highest BCUT2D eigenvalue weighted by molar-refractivity contribution is 5.95. The number of carbonyl (C=O) groups is 2. The molecule has 1 unspecified atom stereocenters. The monoisotopic (exact) mass is 407 g/mol. The molecule has 0 bridgehead atoms. The molecule has 0 radical (unpaired) electrons. The second kappa shape index (κ2) is 9.00. The van der Waals surface area contributed by atoms with E-state index in [1.54, 1.807) is 6.92 Å². The Morgan fingerprint density at radius 1 is 1.17 bits per heavy atom. The Morgan fingerprint density at radius 2 is 1.93 bits per heavy atom. The fourth-order valence-electron chi connectivity index (χ4n) is 3.83. The number of benzene rings is 2. The van der Waals surface area contributed by atoms with Crippen molar-refractivity contribution in [3.63, 3.8) is 0 Å². The van der Waals surface area contributed by atoms with Crippen LogP contribution in [0.1, 0.15) is 24.1 Å². The van der Waals surface area contributed by atoms with Crippen molar-refractivity contribution < 1.29 is 19.1 Å². The molecule has 0 saturated heterocycles. The summed E-state index contributed by atoms with van der Waals surface area (Å²) in [7, 11) is 0. The number of amides is 2. The normalized spacial score (nSPS) is 19.1. The molecular formula is C23H25N3O4. The Kier molecular flexibility index (Phi) is 5.99.